The Morgan fingerprint density at radius 2 is 2.43 bits per heavy atom. The van der Waals surface area contributed by atoms with E-state index in [4.69, 9.17) is 8.85 Å². The van der Waals surface area contributed by atoms with Crippen molar-refractivity contribution in [2.24, 2.45) is 0 Å². The Kier molecular flexibility index (Phi) is 3.86. The van der Waals surface area contributed by atoms with Crippen molar-refractivity contribution >= 4 is 29.4 Å². The number of carbonyl (C=O) groups excluding carboxylic acids is 1. The molecule has 0 spiro atoms. The molecule has 1 aliphatic rings. The van der Waals surface area contributed by atoms with Crippen LogP contribution in [0.5, 0.6) is 0 Å². The third kappa shape index (κ3) is 3.49. The number of rotatable bonds is 5. The molecule has 6 heteroatoms. The predicted molar refractivity (Wildman–Crippen MR) is 85.2 cm³/mol. The third-order valence-corrected chi connectivity index (χ3v) is 3.57. The average molecular weight is 313 g/mol. The lowest BCUT2D eigenvalue weighted by atomic mass is 10.0. The number of halogens is 1. The molecule has 2 aromatic rings. The standard InChI is InChI=1S/C15H19N3O2.ClH/c1-16-5-4-11-8-17-14-3-2-10(7-13(11)14)6-12-9-20-15(19)18-12;/h2-3,7-8,12,16-17H,4-6,9H2,1H3,(H,18,19);1H/t12-;/m0./s1/i1D3;. The molecule has 1 atom stereocenters. The van der Waals surface area contributed by atoms with Crippen molar-refractivity contribution in [1.82, 2.24) is 15.6 Å². The van der Waals surface area contributed by atoms with Gasteiger partial charge in [0.1, 0.15) is 6.61 Å². The van der Waals surface area contributed by atoms with E-state index in [2.05, 4.69) is 21.7 Å². The second-order valence-corrected chi connectivity index (χ2v) is 5.01. The summed E-state index contributed by atoms with van der Waals surface area (Å²) in [4.78, 5) is 14.3. The summed E-state index contributed by atoms with van der Waals surface area (Å²) in [6.07, 6.45) is 2.88. The smallest absolute Gasteiger partial charge is 0.407 e. The van der Waals surface area contributed by atoms with Crippen molar-refractivity contribution in [3.05, 3.63) is 35.5 Å². The number of likely N-dealkylation sites (N-methyl/N-ethyl adjacent to an activating group) is 1. The Hall–Kier alpha value is -1.72. The van der Waals surface area contributed by atoms with Crippen LogP contribution in [-0.2, 0) is 17.6 Å². The molecular weight excluding hydrogens is 290 g/mol. The Labute approximate surface area is 134 Å². The van der Waals surface area contributed by atoms with Gasteiger partial charge in [0.15, 0.2) is 0 Å². The van der Waals surface area contributed by atoms with Gasteiger partial charge in [-0.25, -0.2) is 4.79 Å². The molecule has 1 saturated heterocycles. The molecule has 5 nitrogen and oxygen atoms in total. The Balaban J connectivity index is 0.00000208. The summed E-state index contributed by atoms with van der Waals surface area (Å²) >= 11 is 0. The number of aromatic nitrogens is 1. The van der Waals surface area contributed by atoms with Crippen LogP contribution in [0.1, 0.15) is 15.2 Å². The van der Waals surface area contributed by atoms with Crippen LogP contribution in [0.2, 0.25) is 0 Å². The fourth-order valence-corrected chi connectivity index (χ4v) is 2.58. The lowest BCUT2D eigenvalue weighted by molar-refractivity contribution is 0.177. The zero-order chi connectivity index (χ0) is 16.4. The van der Waals surface area contributed by atoms with E-state index in [9.17, 15) is 4.79 Å². The topological polar surface area (TPSA) is 66.1 Å². The highest BCUT2D eigenvalue weighted by atomic mass is 35.5. The molecule has 0 bridgehead atoms. The summed E-state index contributed by atoms with van der Waals surface area (Å²) in [6.45, 7) is -1.34. The number of aromatic amines is 1. The van der Waals surface area contributed by atoms with Crippen LogP contribution < -0.4 is 10.6 Å². The Bertz CT molecular complexity index is 718. The number of carbonyl (C=O) groups is 1. The number of hydrogen-bond donors (Lipinski definition) is 3. The molecule has 1 fully saturated rings. The first kappa shape index (κ1) is 11.9. The maximum atomic E-state index is 11.1. The first-order valence-electron chi connectivity index (χ1n) is 8.18. The predicted octanol–water partition coefficient (Wildman–Crippen LogP) is 2.00. The first-order chi connectivity index (χ1) is 10.9. The van der Waals surface area contributed by atoms with Crippen molar-refractivity contribution < 1.29 is 13.6 Å². The quantitative estimate of drug-likeness (QED) is 0.791. The largest absolute Gasteiger partial charge is 0.447 e. The van der Waals surface area contributed by atoms with E-state index < -0.39 is 6.98 Å². The Morgan fingerprint density at radius 3 is 3.19 bits per heavy atom. The molecule has 1 aromatic heterocycles. The molecule has 0 saturated carbocycles. The van der Waals surface area contributed by atoms with Gasteiger partial charge in [0.25, 0.3) is 0 Å². The number of nitrogens with one attached hydrogen (secondary N) is 3. The van der Waals surface area contributed by atoms with Crippen molar-refractivity contribution in [3.63, 3.8) is 0 Å². The lowest BCUT2D eigenvalue weighted by Gasteiger charge is -2.08. The molecule has 0 aliphatic carbocycles. The number of alkyl carbamates (subject to hydrolysis) is 1. The molecule has 1 aliphatic heterocycles. The minimum absolute atomic E-state index is 0. The van der Waals surface area contributed by atoms with E-state index >= 15 is 0 Å². The summed E-state index contributed by atoms with van der Waals surface area (Å²) in [5, 5.41) is 6.38. The van der Waals surface area contributed by atoms with Crippen LogP contribution in [0.3, 0.4) is 0 Å². The molecule has 21 heavy (non-hydrogen) atoms. The molecule has 2 heterocycles. The van der Waals surface area contributed by atoms with E-state index in [1.165, 1.54) is 0 Å². The zero-order valence-corrected chi connectivity index (χ0v) is 12.3. The number of benzene rings is 1. The molecule has 1 aromatic carbocycles. The van der Waals surface area contributed by atoms with Gasteiger partial charge in [0.2, 0.25) is 0 Å². The molecule has 0 radical (unpaired) electrons. The van der Waals surface area contributed by atoms with E-state index in [1.807, 2.05) is 18.3 Å². The van der Waals surface area contributed by atoms with Gasteiger partial charge in [-0.05, 0) is 49.6 Å². The van der Waals surface area contributed by atoms with Crippen molar-refractivity contribution in [2.45, 2.75) is 18.9 Å². The van der Waals surface area contributed by atoms with E-state index in [0.29, 0.717) is 26.0 Å². The van der Waals surface area contributed by atoms with Gasteiger partial charge < -0.3 is 20.4 Å². The second kappa shape index (κ2) is 6.83. The second-order valence-electron chi connectivity index (χ2n) is 5.01. The number of fused-ring (bicyclic) bond motifs is 1. The number of cyclic esters (lactones) is 1. The van der Waals surface area contributed by atoms with Crippen LogP contribution >= 0.6 is 12.4 Å². The third-order valence-electron chi connectivity index (χ3n) is 3.57. The summed E-state index contributed by atoms with van der Waals surface area (Å²) in [6, 6.07) is 6.11. The molecular formula is C15H20ClN3O2. The van der Waals surface area contributed by atoms with Crippen LogP contribution in [0.15, 0.2) is 24.4 Å². The SMILES string of the molecule is Cl.[2H]C([2H])([2H])NCCc1c[nH]c2ccc(C[C@H]3COC(=O)N3)cc12. The van der Waals surface area contributed by atoms with Gasteiger partial charge in [0.05, 0.1) is 6.04 Å². The van der Waals surface area contributed by atoms with Crippen LogP contribution in [0.25, 0.3) is 10.9 Å². The van der Waals surface area contributed by atoms with Crippen molar-refractivity contribution in [2.75, 3.05) is 20.1 Å². The average Bonchev–Trinajstić information content (AvgIpc) is 3.04. The molecule has 0 unspecified atom stereocenters. The minimum Gasteiger partial charge on any atom is -0.447 e. The van der Waals surface area contributed by atoms with Crippen molar-refractivity contribution in [3.8, 4) is 0 Å². The molecule has 3 rings (SSSR count). The number of H-pyrrole nitrogens is 1. The fraction of sp³-hybridized carbons (Fsp3) is 0.400. The van der Waals surface area contributed by atoms with Gasteiger partial charge in [0, 0.05) is 21.2 Å². The van der Waals surface area contributed by atoms with Gasteiger partial charge in [-0.3, -0.25) is 0 Å². The van der Waals surface area contributed by atoms with Crippen LogP contribution in [0, 0.1) is 0 Å². The van der Waals surface area contributed by atoms with Crippen LogP contribution in [-0.4, -0.2) is 37.2 Å². The summed E-state index contributed by atoms with van der Waals surface area (Å²) in [5.74, 6) is 0. The fourth-order valence-electron chi connectivity index (χ4n) is 2.58. The monoisotopic (exact) mass is 312 g/mol. The maximum Gasteiger partial charge on any atom is 0.407 e. The normalized spacial score (nSPS) is 20.1. The molecule has 1 amide bonds. The summed E-state index contributed by atoms with van der Waals surface area (Å²) in [7, 11) is 0. The van der Waals surface area contributed by atoms with Gasteiger partial charge >= 0.3 is 6.09 Å². The molecule has 3 N–H and O–H groups in total. The van der Waals surface area contributed by atoms with Gasteiger partial charge in [-0.15, -0.1) is 12.4 Å². The lowest BCUT2D eigenvalue weighted by Crippen LogP contribution is -2.28. The number of hydrogen-bond acceptors (Lipinski definition) is 3. The van der Waals surface area contributed by atoms with Gasteiger partial charge in [-0.1, -0.05) is 6.07 Å². The van der Waals surface area contributed by atoms with Gasteiger partial charge in [-0.2, -0.15) is 0 Å². The summed E-state index contributed by atoms with van der Waals surface area (Å²) in [5.41, 5.74) is 3.20. The van der Waals surface area contributed by atoms with Crippen LogP contribution in [0.4, 0.5) is 4.79 Å². The maximum absolute atomic E-state index is 11.1. The highest BCUT2D eigenvalue weighted by molar-refractivity contribution is 5.85. The summed E-state index contributed by atoms with van der Waals surface area (Å²) < 4.78 is 26.4. The van der Waals surface area contributed by atoms with E-state index in [0.717, 1.165) is 22.0 Å². The van der Waals surface area contributed by atoms with E-state index in [1.54, 1.807) is 0 Å². The first-order valence-corrected chi connectivity index (χ1v) is 6.68. The number of ether oxygens (including phenoxy) is 1. The highest BCUT2D eigenvalue weighted by Crippen LogP contribution is 2.21. The molecule has 114 valence electrons. The number of amides is 1. The highest BCUT2D eigenvalue weighted by Gasteiger charge is 2.22. The zero-order valence-electron chi connectivity index (χ0n) is 14.4. The Morgan fingerprint density at radius 1 is 1.52 bits per heavy atom. The van der Waals surface area contributed by atoms with Crippen molar-refractivity contribution in [1.29, 1.82) is 0 Å². The minimum atomic E-state index is -2.11. The van der Waals surface area contributed by atoms with E-state index in [-0.39, 0.29) is 24.5 Å².